The molecule has 0 bridgehead atoms. The van der Waals surface area contributed by atoms with Crippen LogP contribution in [0.25, 0.3) is 0 Å². The zero-order valence-electron chi connectivity index (χ0n) is 11.0. The fourth-order valence-corrected chi connectivity index (χ4v) is 3.07. The molecule has 1 N–H and O–H groups in total. The molecule has 2 heteroatoms. The summed E-state index contributed by atoms with van der Waals surface area (Å²) in [5, 5.41) is 4.26. The van der Waals surface area contributed by atoms with E-state index in [-0.39, 0.29) is 0 Å². The Morgan fingerprint density at radius 1 is 1.41 bits per heavy atom. The van der Waals surface area contributed by atoms with Crippen LogP contribution < -0.4 is 5.32 Å². The molecule has 0 saturated heterocycles. The smallest absolute Gasteiger partial charge is 0.0440 e. The molecule has 1 aliphatic rings. The Hall–Kier alpha value is -0.530. The third kappa shape index (κ3) is 3.02. The Bertz CT molecular complexity index is 398. The number of hydrogen-bond acceptors (Lipinski definition) is 1. The highest BCUT2D eigenvalue weighted by Gasteiger charge is 2.41. The van der Waals surface area contributed by atoms with Gasteiger partial charge in [-0.25, -0.2) is 0 Å². The Morgan fingerprint density at radius 2 is 2.12 bits per heavy atom. The molecule has 1 aromatic carbocycles. The molecule has 1 unspecified atom stereocenters. The van der Waals surface area contributed by atoms with Gasteiger partial charge in [-0.1, -0.05) is 30.7 Å². The van der Waals surface area contributed by atoms with Crippen LogP contribution in [0.4, 0.5) is 0 Å². The Labute approximate surface area is 110 Å². The van der Waals surface area contributed by atoms with Crippen molar-refractivity contribution in [3.8, 4) is 0 Å². The topological polar surface area (TPSA) is 12.0 Å². The Morgan fingerprint density at radius 3 is 2.65 bits per heavy atom. The van der Waals surface area contributed by atoms with Gasteiger partial charge < -0.3 is 5.32 Å². The molecule has 1 aromatic rings. The highest BCUT2D eigenvalue weighted by Crippen LogP contribution is 2.47. The minimum atomic E-state index is 0.355. The van der Waals surface area contributed by atoms with Crippen molar-refractivity contribution in [2.45, 2.75) is 33.1 Å². The van der Waals surface area contributed by atoms with Crippen molar-refractivity contribution < 1.29 is 0 Å². The van der Waals surface area contributed by atoms with Crippen molar-refractivity contribution in [2.24, 2.45) is 11.3 Å². The predicted octanol–water partition coefficient (Wildman–Crippen LogP) is 3.83. The molecule has 1 saturated carbocycles. The molecule has 0 aromatic heterocycles. The molecule has 0 heterocycles. The first kappa shape index (κ1) is 12.9. The van der Waals surface area contributed by atoms with Crippen molar-refractivity contribution in [1.29, 1.82) is 0 Å². The predicted molar refractivity (Wildman–Crippen MR) is 74.7 cm³/mol. The van der Waals surface area contributed by atoms with Crippen LogP contribution in [0.5, 0.6) is 0 Å². The summed E-state index contributed by atoms with van der Waals surface area (Å²) >= 11 is 6.34. The van der Waals surface area contributed by atoms with Gasteiger partial charge >= 0.3 is 0 Å². The second kappa shape index (κ2) is 4.99. The molecule has 1 atom stereocenters. The van der Waals surface area contributed by atoms with E-state index < -0.39 is 0 Å². The fourth-order valence-electron chi connectivity index (χ4n) is 2.77. The van der Waals surface area contributed by atoms with Crippen molar-refractivity contribution in [3.05, 3.63) is 34.3 Å². The number of hydrogen-bond donors (Lipinski definition) is 1. The molecule has 2 rings (SSSR count). The Balaban J connectivity index is 2.17. The monoisotopic (exact) mass is 251 g/mol. The summed E-state index contributed by atoms with van der Waals surface area (Å²) in [7, 11) is 2.04. The minimum absolute atomic E-state index is 0.355. The van der Waals surface area contributed by atoms with Gasteiger partial charge in [-0.15, -0.1) is 0 Å². The maximum absolute atomic E-state index is 6.34. The molecule has 1 nitrogen and oxygen atoms in total. The first-order valence-electron chi connectivity index (χ1n) is 6.45. The normalized spacial score (nSPS) is 19.1. The van der Waals surface area contributed by atoms with E-state index in [9.17, 15) is 0 Å². The second-order valence-corrected chi connectivity index (χ2v) is 6.14. The summed E-state index contributed by atoms with van der Waals surface area (Å²) in [4.78, 5) is 0. The van der Waals surface area contributed by atoms with E-state index in [0.717, 1.165) is 23.9 Å². The quantitative estimate of drug-likeness (QED) is 0.839. The number of halogens is 1. The maximum Gasteiger partial charge on any atom is 0.0440 e. The van der Waals surface area contributed by atoms with Crippen LogP contribution in [0.15, 0.2) is 18.2 Å². The van der Waals surface area contributed by atoms with E-state index in [4.69, 9.17) is 11.6 Å². The van der Waals surface area contributed by atoms with Crippen LogP contribution in [0.1, 0.15) is 30.9 Å². The van der Waals surface area contributed by atoms with E-state index in [1.54, 1.807) is 0 Å². The summed E-state index contributed by atoms with van der Waals surface area (Å²) < 4.78 is 0. The average Bonchev–Trinajstić information content (AvgIpc) is 3.06. The molecule has 1 fully saturated rings. The van der Waals surface area contributed by atoms with E-state index >= 15 is 0 Å². The number of nitrogens with one attached hydrogen (secondary N) is 1. The van der Waals surface area contributed by atoms with Crippen LogP contribution in [-0.2, 0) is 6.42 Å². The van der Waals surface area contributed by atoms with Crippen molar-refractivity contribution in [3.63, 3.8) is 0 Å². The SMILES string of the molecule is CNCC(C)(Cc1ccc(C)cc1Cl)C1CC1. The van der Waals surface area contributed by atoms with Gasteiger partial charge in [0.05, 0.1) is 0 Å². The summed E-state index contributed by atoms with van der Waals surface area (Å²) in [6.45, 7) is 5.54. The van der Waals surface area contributed by atoms with Gasteiger partial charge in [0, 0.05) is 11.6 Å². The third-order valence-electron chi connectivity index (χ3n) is 3.95. The number of benzene rings is 1. The first-order valence-corrected chi connectivity index (χ1v) is 6.82. The molecule has 0 spiro atoms. The van der Waals surface area contributed by atoms with Crippen LogP contribution in [-0.4, -0.2) is 13.6 Å². The van der Waals surface area contributed by atoms with E-state index in [1.807, 2.05) is 7.05 Å². The van der Waals surface area contributed by atoms with Gasteiger partial charge in [-0.05, 0) is 61.8 Å². The van der Waals surface area contributed by atoms with Gasteiger partial charge in [0.1, 0.15) is 0 Å². The lowest BCUT2D eigenvalue weighted by Crippen LogP contribution is -2.34. The number of rotatable bonds is 5. The summed E-state index contributed by atoms with van der Waals surface area (Å²) in [5.41, 5.74) is 2.88. The fraction of sp³-hybridized carbons (Fsp3) is 0.600. The van der Waals surface area contributed by atoms with Gasteiger partial charge in [-0.2, -0.15) is 0 Å². The molecule has 1 aliphatic carbocycles. The van der Waals surface area contributed by atoms with Gasteiger partial charge in [0.15, 0.2) is 0 Å². The molecule has 94 valence electrons. The molecule has 0 amide bonds. The standard InChI is InChI=1S/C15H22ClN/c1-11-4-5-12(14(16)8-11)9-15(2,10-17-3)13-6-7-13/h4-5,8,13,17H,6-7,9-10H2,1-3H3. The maximum atomic E-state index is 6.34. The van der Waals surface area contributed by atoms with E-state index in [2.05, 4.69) is 37.4 Å². The van der Waals surface area contributed by atoms with Crippen LogP contribution >= 0.6 is 11.6 Å². The van der Waals surface area contributed by atoms with E-state index in [1.165, 1.54) is 24.0 Å². The van der Waals surface area contributed by atoms with Crippen molar-refractivity contribution in [1.82, 2.24) is 5.32 Å². The first-order chi connectivity index (χ1) is 8.05. The summed E-state index contributed by atoms with van der Waals surface area (Å²) in [5.74, 6) is 0.868. The second-order valence-electron chi connectivity index (χ2n) is 5.73. The van der Waals surface area contributed by atoms with Gasteiger partial charge in [-0.3, -0.25) is 0 Å². The molecular formula is C15H22ClN. The third-order valence-corrected chi connectivity index (χ3v) is 4.30. The molecular weight excluding hydrogens is 230 g/mol. The lowest BCUT2D eigenvalue weighted by Gasteiger charge is -2.30. The highest BCUT2D eigenvalue weighted by atomic mass is 35.5. The van der Waals surface area contributed by atoms with Crippen LogP contribution in [0.3, 0.4) is 0 Å². The zero-order chi connectivity index (χ0) is 12.5. The van der Waals surface area contributed by atoms with Crippen LogP contribution in [0.2, 0.25) is 5.02 Å². The largest absolute Gasteiger partial charge is 0.319 e. The minimum Gasteiger partial charge on any atom is -0.319 e. The van der Waals surface area contributed by atoms with E-state index in [0.29, 0.717) is 5.41 Å². The lowest BCUT2D eigenvalue weighted by molar-refractivity contribution is 0.263. The molecule has 0 aliphatic heterocycles. The zero-order valence-corrected chi connectivity index (χ0v) is 11.8. The van der Waals surface area contributed by atoms with Crippen molar-refractivity contribution in [2.75, 3.05) is 13.6 Å². The van der Waals surface area contributed by atoms with Gasteiger partial charge in [0.2, 0.25) is 0 Å². The summed E-state index contributed by atoms with van der Waals surface area (Å²) in [6, 6.07) is 6.42. The molecule has 0 radical (unpaired) electrons. The molecule has 17 heavy (non-hydrogen) atoms. The van der Waals surface area contributed by atoms with Gasteiger partial charge in [0.25, 0.3) is 0 Å². The van der Waals surface area contributed by atoms with Crippen molar-refractivity contribution >= 4 is 11.6 Å². The summed E-state index contributed by atoms with van der Waals surface area (Å²) in [6.07, 6.45) is 3.83. The lowest BCUT2D eigenvalue weighted by atomic mass is 9.79. The highest BCUT2D eigenvalue weighted by molar-refractivity contribution is 6.31. The van der Waals surface area contributed by atoms with Crippen LogP contribution in [0, 0.1) is 18.3 Å². The number of aryl methyl sites for hydroxylation is 1. The average molecular weight is 252 g/mol. The Kier molecular flexibility index (Phi) is 3.79.